The summed E-state index contributed by atoms with van der Waals surface area (Å²) in [6, 6.07) is 14.7. The number of nitro groups is 1. The molecule has 0 fully saturated rings. The molecule has 22 heavy (non-hydrogen) atoms. The highest BCUT2D eigenvalue weighted by Gasteiger charge is 2.41. The summed E-state index contributed by atoms with van der Waals surface area (Å²) in [4.78, 5) is 14.5. The highest BCUT2D eigenvalue weighted by Crippen LogP contribution is 2.41. The maximum atomic E-state index is 11.5. The summed E-state index contributed by atoms with van der Waals surface area (Å²) in [5.41, 5.74) is 2.82. The van der Waals surface area contributed by atoms with Crippen molar-refractivity contribution in [1.29, 1.82) is 0 Å². The monoisotopic (exact) mass is 294 g/mol. The molecule has 0 saturated heterocycles. The van der Waals surface area contributed by atoms with Gasteiger partial charge in [-0.3, -0.25) is 10.1 Å². The molecule has 5 heteroatoms. The highest BCUT2D eigenvalue weighted by molar-refractivity contribution is 5.84. The predicted molar refractivity (Wildman–Crippen MR) is 82.9 cm³/mol. The van der Waals surface area contributed by atoms with Crippen molar-refractivity contribution < 1.29 is 9.66 Å². The van der Waals surface area contributed by atoms with Gasteiger partial charge in [0, 0.05) is 27.6 Å². The molecule has 0 bridgehead atoms. The van der Waals surface area contributed by atoms with Gasteiger partial charge in [0.05, 0.1) is 5.92 Å². The van der Waals surface area contributed by atoms with Gasteiger partial charge in [-0.15, -0.1) is 0 Å². The molecule has 2 aromatic carbocycles. The Balaban J connectivity index is 1.94. The van der Waals surface area contributed by atoms with Crippen molar-refractivity contribution in [2.45, 2.75) is 12.0 Å². The number of para-hydroxylation sites is 2. The van der Waals surface area contributed by atoms with Crippen LogP contribution in [0.3, 0.4) is 0 Å². The molecule has 3 aromatic rings. The van der Waals surface area contributed by atoms with Crippen LogP contribution in [0.25, 0.3) is 10.9 Å². The van der Waals surface area contributed by atoms with E-state index in [-0.39, 0.29) is 17.4 Å². The SMILES string of the molecule is O=[N+]([O-])[C@H]1COc2ccccc2[C@@H]1c1c[nH]c2ccccc12. The zero-order chi connectivity index (χ0) is 15.1. The first-order valence-electron chi connectivity index (χ1n) is 7.17. The van der Waals surface area contributed by atoms with Gasteiger partial charge in [-0.2, -0.15) is 0 Å². The molecular formula is C17H14N2O3. The molecule has 0 aliphatic carbocycles. The van der Waals surface area contributed by atoms with E-state index in [0.29, 0.717) is 0 Å². The summed E-state index contributed by atoms with van der Waals surface area (Å²) in [5.74, 6) is 0.423. The lowest BCUT2D eigenvalue weighted by Crippen LogP contribution is -2.37. The van der Waals surface area contributed by atoms with Crippen molar-refractivity contribution in [2.24, 2.45) is 0 Å². The fraction of sp³-hybridized carbons (Fsp3) is 0.176. The third-order valence-electron chi connectivity index (χ3n) is 4.28. The Morgan fingerprint density at radius 2 is 1.86 bits per heavy atom. The first-order valence-corrected chi connectivity index (χ1v) is 7.17. The van der Waals surface area contributed by atoms with E-state index in [9.17, 15) is 10.1 Å². The van der Waals surface area contributed by atoms with Gasteiger partial charge in [-0.05, 0) is 17.7 Å². The quantitative estimate of drug-likeness (QED) is 0.582. The van der Waals surface area contributed by atoms with Crippen molar-refractivity contribution in [1.82, 2.24) is 4.98 Å². The van der Waals surface area contributed by atoms with E-state index in [2.05, 4.69) is 4.98 Å². The Kier molecular flexibility index (Phi) is 2.85. The van der Waals surface area contributed by atoms with Gasteiger partial charge in [-0.25, -0.2) is 0 Å². The second-order valence-corrected chi connectivity index (χ2v) is 5.47. The maximum Gasteiger partial charge on any atom is 0.257 e. The Hall–Kier alpha value is -2.82. The molecule has 1 aliphatic rings. The van der Waals surface area contributed by atoms with Crippen molar-refractivity contribution in [3.8, 4) is 5.75 Å². The molecule has 0 radical (unpaired) electrons. The predicted octanol–water partition coefficient (Wildman–Crippen LogP) is 3.34. The lowest BCUT2D eigenvalue weighted by atomic mass is 9.83. The summed E-state index contributed by atoms with van der Waals surface area (Å²) in [6.45, 7) is 0.0915. The Bertz CT molecular complexity index is 856. The van der Waals surface area contributed by atoms with Crippen LogP contribution in [0.5, 0.6) is 5.75 Å². The van der Waals surface area contributed by atoms with E-state index in [0.717, 1.165) is 27.8 Å². The van der Waals surface area contributed by atoms with Crippen LogP contribution in [0, 0.1) is 10.1 Å². The van der Waals surface area contributed by atoms with Crippen LogP contribution in [0.4, 0.5) is 0 Å². The maximum absolute atomic E-state index is 11.5. The molecule has 0 spiro atoms. The van der Waals surface area contributed by atoms with E-state index >= 15 is 0 Å². The fourth-order valence-electron chi connectivity index (χ4n) is 3.26. The molecule has 2 heterocycles. The minimum Gasteiger partial charge on any atom is -0.486 e. The summed E-state index contributed by atoms with van der Waals surface area (Å²) in [7, 11) is 0. The standard InChI is InChI=1S/C17H14N2O3/c20-19(21)15-10-22-16-8-4-2-6-12(16)17(15)13-9-18-14-7-3-1-5-11(13)14/h1-9,15,17-18H,10H2/t15-,17+/m0/s1. The van der Waals surface area contributed by atoms with Crippen LogP contribution in [0.2, 0.25) is 0 Å². The summed E-state index contributed by atoms with van der Waals surface area (Å²) < 4.78 is 5.59. The number of H-pyrrole nitrogens is 1. The molecule has 0 saturated carbocycles. The Morgan fingerprint density at radius 3 is 2.73 bits per heavy atom. The minimum atomic E-state index is -0.783. The number of nitrogens with one attached hydrogen (secondary N) is 1. The molecule has 110 valence electrons. The van der Waals surface area contributed by atoms with Crippen molar-refractivity contribution in [3.63, 3.8) is 0 Å². The number of aromatic amines is 1. The number of nitrogens with zero attached hydrogens (tertiary/aromatic N) is 1. The zero-order valence-corrected chi connectivity index (χ0v) is 11.7. The number of hydrogen-bond donors (Lipinski definition) is 1. The molecule has 5 nitrogen and oxygen atoms in total. The molecule has 2 atom stereocenters. The molecule has 0 amide bonds. The van der Waals surface area contributed by atoms with E-state index in [1.807, 2.05) is 54.7 Å². The number of benzene rings is 2. The third kappa shape index (κ3) is 1.86. The van der Waals surface area contributed by atoms with Crippen molar-refractivity contribution >= 4 is 10.9 Å². The minimum absolute atomic E-state index is 0.0915. The van der Waals surface area contributed by atoms with E-state index in [1.165, 1.54) is 0 Å². The summed E-state index contributed by atoms with van der Waals surface area (Å²) in [6.07, 6.45) is 1.88. The smallest absolute Gasteiger partial charge is 0.257 e. The average molecular weight is 294 g/mol. The topological polar surface area (TPSA) is 68.2 Å². The fourth-order valence-corrected chi connectivity index (χ4v) is 3.26. The first-order chi connectivity index (χ1) is 10.8. The largest absolute Gasteiger partial charge is 0.486 e. The second kappa shape index (κ2) is 4.87. The van der Waals surface area contributed by atoms with Gasteiger partial charge < -0.3 is 9.72 Å². The second-order valence-electron chi connectivity index (χ2n) is 5.47. The van der Waals surface area contributed by atoms with Crippen LogP contribution in [-0.2, 0) is 0 Å². The molecule has 1 aliphatic heterocycles. The zero-order valence-electron chi connectivity index (χ0n) is 11.7. The number of ether oxygens (including phenoxy) is 1. The van der Waals surface area contributed by atoms with Gasteiger partial charge in [-0.1, -0.05) is 36.4 Å². The van der Waals surface area contributed by atoms with Crippen molar-refractivity contribution in [2.75, 3.05) is 6.61 Å². The van der Waals surface area contributed by atoms with Gasteiger partial charge >= 0.3 is 0 Å². The summed E-state index contributed by atoms with van der Waals surface area (Å²) >= 11 is 0. The lowest BCUT2D eigenvalue weighted by Gasteiger charge is -2.28. The highest BCUT2D eigenvalue weighted by atomic mass is 16.6. The molecule has 1 aromatic heterocycles. The number of rotatable bonds is 2. The normalized spacial score (nSPS) is 20.4. The third-order valence-corrected chi connectivity index (χ3v) is 4.28. The average Bonchev–Trinajstić information content (AvgIpc) is 2.97. The van der Waals surface area contributed by atoms with Crippen LogP contribution in [0.15, 0.2) is 54.7 Å². The van der Waals surface area contributed by atoms with Crippen LogP contribution in [0.1, 0.15) is 17.0 Å². The van der Waals surface area contributed by atoms with Gasteiger partial charge in [0.15, 0.2) is 6.61 Å². The number of fused-ring (bicyclic) bond motifs is 2. The van der Waals surface area contributed by atoms with E-state index < -0.39 is 6.04 Å². The molecule has 1 N–H and O–H groups in total. The van der Waals surface area contributed by atoms with Crippen LogP contribution in [-0.4, -0.2) is 22.6 Å². The summed E-state index contributed by atoms with van der Waals surface area (Å²) in [5, 5.41) is 12.5. The Morgan fingerprint density at radius 1 is 1.09 bits per heavy atom. The molecular weight excluding hydrogens is 280 g/mol. The van der Waals surface area contributed by atoms with Crippen LogP contribution < -0.4 is 4.74 Å². The van der Waals surface area contributed by atoms with Gasteiger partial charge in [0.2, 0.25) is 0 Å². The van der Waals surface area contributed by atoms with Crippen molar-refractivity contribution in [3.05, 3.63) is 76.0 Å². The number of aromatic nitrogens is 1. The lowest BCUT2D eigenvalue weighted by molar-refractivity contribution is -0.528. The van der Waals surface area contributed by atoms with Crippen LogP contribution >= 0.6 is 0 Å². The Labute approximate surface area is 126 Å². The van der Waals surface area contributed by atoms with Gasteiger partial charge in [0.25, 0.3) is 6.04 Å². The van der Waals surface area contributed by atoms with E-state index in [4.69, 9.17) is 4.74 Å². The number of hydrogen-bond acceptors (Lipinski definition) is 3. The van der Waals surface area contributed by atoms with E-state index in [1.54, 1.807) is 0 Å². The van der Waals surface area contributed by atoms with Gasteiger partial charge in [0.1, 0.15) is 5.75 Å². The first kappa shape index (κ1) is 12.9. The molecule has 4 rings (SSSR count). The molecule has 0 unspecified atom stereocenters.